The van der Waals surface area contributed by atoms with E-state index >= 15 is 0 Å². The molecule has 0 aliphatic rings. The zero-order valence-electron chi connectivity index (χ0n) is 12.5. The molecule has 2 rings (SSSR count). The Morgan fingerprint density at radius 1 is 1.19 bits per heavy atom. The topological polar surface area (TPSA) is 76.5 Å². The Balaban J connectivity index is 2.91. The van der Waals surface area contributed by atoms with Crippen LogP contribution in [-0.2, 0) is 19.8 Å². The number of aryl methyl sites for hydroxylation is 2. The first-order valence-electron chi connectivity index (χ1n) is 6.49. The third kappa shape index (κ3) is 3.08. The number of sulfonamides is 1. The van der Waals surface area contributed by atoms with Gasteiger partial charge >= 0.3 is 0 Å². The van der Waals surface area contributed by atoms with Crippen molar-refractivity contribution in [1.29, 1.82) is 0 Å². The molecule has 0 spiro atoms. The quantitative estimate of drug-likeness (QED) is 0.869. The van der Waals surface area contributed by atoms with Crippen molar-refractivity contribution in [3.63, 3.8) is 0 Å². The molecule has 21 heavy (non-hydrogen) atoms. The summed E-state index contributed by atoms with van der Waals surface area (Å²) in [6, 6.07) is 5.36. The second-order valence-corrected chi connectivity index (χ2v) is 9.49. The molecule has 7 heteroatoms. The van der Waals surface area contributed by atoms with E-state index in [-0.39, 0.29) is 10.6 Å². The molecule has 1 heterocycles. The summed E-state index contributed by atoms with van der Waals surface area (Å²) in [5.74, 6) is 0.183. The summed E-state index contributed by atoms with van der Waals surface area (Å²) in [4.78, 5) is 4.24. The normalized spacial score (nSPS) is 14.9. The van der Waals surface area contributed by atoms with Crippen LogP contribution in [0.3, 0.4) is 0 Å². The fourth-order valence-electron chi connectivity index (χ4n) is 2.18. The molecular formula is C14H18N2O3S2. The van der Waals surface area contributed by atoms with Crippen molar-refractivity contribution < 1.29 is 12.6 Å². The van der Waals surface area contributed by atoms with Crippen molar-refractivity contribution >= 4 is 30.7 Å². The van der Waals surface area contributed by atoms with Crippen LogP contribution in [0.5, 0.6) is 0 Å². The zero-order chi connectivity index (χ0) is 15.8. The molecule has 5 nitrogen and oxygen atoms in total. The summed E-state index contributed by atoms with van der Waals surface area (Å²) >= 11 is 0. The van der Waals surface area contributed by atoms with E-state index in [2.05, 4.69) is 8.75 Å². The second kappa shape index (κ2) is 5.38. The second-order valence-electron chi connectivity index (χ2n) is 5.04. The molecule has 0 N–H and O–H groups in total. The molecule has 1 atom stereocenters. The van der Waals surface area contributed by atoms with Crippen molar-refractivity contribution in [2.75, 3.05) is 12.0 Å². The highest BCUT2D eigenvalue weighted by molar-refractivity contribution is 8.03. The number of fused-ring (bicyclic) bond motifs is 1. The van der Waals surface area contributed by atoms with Gasteiger partial charge in [-0.3, -0.25) is 4.98 Å². The van der Waals surface area contributed by atoms with Gasteiger partial charge in [0.2, 0.25) is 0 Å². The molecule has 0 saturated heterocycles. The van der Waals surface area contributed by atoms with E-state index in [4.69, 9.17) is 0 Å². The minimum Gasteiger partial charge on any atom is -0.255 e. The van der Waals surface area contributed by atoms with Gasteiger partial charge in [0, 0.05) is 23.6 Å². The molecule has 1 aromatic carbocycles. The number of hydrogen-bond donors (Lipinski definition) is 0. The van der Waals surface area contributed by atoms with Gasteiger partial charge in [0.15, 0.2) is 0 Å². The SMILES string of the molecule is CCS(C)(=O)=NS(=O)(=O)c1c(C)cc(C)c2cccnc12. The largest absolute Gasteiger partial charge is 0.292 e. The van der Waals surface area contributed by atoms with E-state index in [0.717, 1.165) is 10.9 Å². The van der Waals surface area contributed by atoms with Crippen LogP contribution >= 0.6 is 0 Å². The first-order valence-corrected chi connectivity index (χ1v) is 10.0. The maximum absolute atomic E-state index is 12.6. The van der Waals surface area contributed by atoms with Gasteiger partial charge in [-0.05, 0) is 31.0 Å². The number of hydrogen-bond acceptors (Lipinski definition) is 4. The van der Waals surface area contributed by atoms with Crippen LogP contribution in [-0.4, -0.2) is 29.6 Å². The van der Waals surface area contributed by atoms with Crippen molar-refractivity contribution in [2.24, 2.45) is 3.77 Å². The fourth-order valence-corrected chi connectivity index (χ4v) is 5.44. The van der Waals surface area contributed by atoms with Gasteiger partial charge in [-0.15, -0.1) is 3.77 Å². The van der Waals surface area contributed by atoms with Crippen LogP contribution in [0.15, 0.2) is 33.1 Å². The van der Waals surface area contributed by atoms with E-state index in [0.29, 0.717) is 11.1 Å². The van der Waals surface area contributed by atoms with Gasteiger partial charge < -0.3 is 0 Å². The highest BCUT2D eigenvalue weighted by Gasteiger charge is 2.23. The van der Waals surface area contributed by atoms with Crippen LogP contribution in [0.4, 0.5) is 0 Å². The molecule has 114 valence electrons. The Labute approximate surface area is 125 Å². The van der Waals surface area contributed by atoms with Gasteiger partial charge in [-0.2, -0.15) is 8.42 Å². The third-order valence-electron chi connectivity index (χ3n) is 3.29. The average Bonchev–Trinajstić information content (AvgIpc) is 2.37. The van der Waals surface area contributed by atoms with E-state index in [1.807, 2.05) is 13.0 Å². The van der Waals surface area contributed by atoms with E-state index in [1.54, 1.807) is 32.2 Å². The minimum atomic E-state index is -4.02. The Morgan fingerprint density at radius 3 is 2.48 bits per heavy atom. The lowest BCUT2D eigenvalue weighted by Gasteiger charge is -2.10. The number of pyridine rings is 1. The standard InChI is InChI=1S/C14H18N2O3S2/c1-5-20(4,17)16-21(18,19)14-11(3)9-10(2)12-7-6-8-15-13(12)14/h6-9H,5H2,1-4H3. The molecule has 0 aliphatic carbocycles. The van der Waals surface area contributed by atoms with Crippen molar-refractivity contribution in [3.8, 4) is 0 Å². The summed E-state index contributed by atoms with van der Waals surface area (Å²) in [5.41, 5.74) is 1.89. The Morgan fingerprint density at radius 2 is 1.86 bits per heavy atom. The molecule has 0 bridgehead atoms. The predicted octanol–water partition coefficient (Wildman–Crippen LogP) is 2.66. The predicted molar refractivity (Wildman–Crippen MR) is 85.4 cm³/mol. The lowest BCUT2D eigenvalue weighted by molar-refractivity contribution is 0.598. The van der Waals surface area contributed by atoms with Gasteiger partial charge in [0.25, 0.3) is 10.0 Å². The van der Waals surface area contributed by atoms with Gasteiger partial charge in [-0.1, -0.05) is 19.1 Å². The first-order chi connectivity index (χ1) is 9.68. The first kappa shape index (κ1) is 15.9. The maximum Gasteiger partial charge on any atom is 0.292 e. The molecule has 2 aromatic rings. The number of benzene rings is 1. The molecule has 0 saturated carbocycles. The van der Waals surface area contributed by atoms with Crippen LogP contribution in [0, 0.1) is 13.8 Å². The van der Waals surface area contributed by atoms with E-state index < -0.39 is 19.8 Å². The third-order valence-corrected chi connectivity index (χ3v) is 7.44. The van der Waals surface area contributed by atoms with Crippen LogP contribution in [0.2, 0.25) is 0 Å². The highest BCUT2D eigenvalue weighted by atomic mass is 32.3. The van der Waals surface area contributed by atoms with Crippen molar-refractivity contribution in [3.05, 3.63) is 35.5 Å². The van der Waals surface area contributed by atoms with Crippen molar-refractivity contribution in [2.45, 2.75) is 25.7 Å². The zero-order valence-corrected chi connectivity index (χ0v) is 14.1. The van der Waals surface area contributed by atoms with Crippen molar-refractivity contribution in [1.82, 2.24) is 4.98 Å². The molecule has 0 amide bonds. The number of aromatic nitrogens is 1. The summed E-state index contributed by atoms with van der Waals surface area (Å²) < 4.78 is 40.9. The summed E-state index contributed by atoms with van der Waals surface area (Å²) in [6.45, 7) is 5.26. The van der Waals surface area contributed by atoms with Gasteiger partial charge in [-0.25, -0.2) is 4.21 Å². The molecule has 1 unspecified atom stereocenters. The highest BCUT2D eigenvalue weighted by Crippen LogP contribution is 2.29. The smallest absolute Gasteiger partial charge is 0.255 e. The lowest BCUT2D eigenvalue weighted by Crippen LogP contribution is -2.08. The Hall–Kier alpha value is -1.47. The van der Waals surface area contributed by atoms with Crippen LogP contribution < -0.4 is 0 Å². The fraction of sp³-hybridized carbons (Fsp3) is 0.357. The summed E-state index contributed by atoms with van der Waals surface area (Å²) in [7, 11) is -6.78. The Kier molecular flexibility index (Phi) is 4.08. The average molecular weight is 326 g/mol. The molecular weight excluding hydrogens is 308 g/mol. The van der Waals surface area contributed by atoms with Crippen LogP contribution in [0.25, 0.3) is 10.9 Å². The lowest BCUT2D eigenvalue weighted by atomic mass is 10.1. The maximum atomic E-state index is 12.6. The monoisotopic (exact) mass is 326 g/mol. The molecule has 0 radical (unpaired) electrons. The van der Waals surface area contributed by atoms with E-state index in [1.165, 1.54) is 6.26 Å². The van der Waals surface area contributed by atoms with Gasteiger partial charge in [0.1, 0.15) is 4.90 Å². The molecule has 0 aliphatic heterocycles. The Bertz CT molecular complexity index is 925. The summed E-state index contributed by atoms with van der Waals surface area (Å²) in [5, 5.41) is 0.760. The minimum absolute atomic E-state index is 0.0479. The molecule has 1 aromatic heterocycles. The van der Waals surface area contributed by atoms with Gasteiger partial charge in [0.05, 0.1) is 15.2 Å². The summed E-state index contributed by atoms with van der Waals surface area (Å²) in [6.07, 6.45) is 2.90. The number of nitrogens with zero attached hydrogens (tertiary/aromatic N) is 2. The number of rotatable bonds is 3. The van der Waals surface area contributed by atoms with Crippen LogP contribution in [0.1, 0.15) is 18.1 Å². The van der Waals surface area contributed by atoms with E-state index in [9.17, 15) is 12.6 Å². The molecule has 0 fully saturated rings.